The zero-order valence-corrected chi connectivity index (χ0v) is 12.8. The quantitative estimate of drug-likeness (QED) is 0.880. The van der Waals surface area contributed by atoms with E-state index in [9.17, 15) is 4.79 Å². The summed E-state index contributed by atoms with van der Waals surface area (Å²) in [6.45, 7) is 3.89. The van der Waals surface area contributed by atoms with Gasteiger partial charge < -0.3 is 10.6 Å². The lowest BCUT2D eigenvalue weighted by Gasteiger charge is -2.37. The van der Waals surface area contributed by atoms with E-state index in [0.29, 0.717) is 5.92 Å². The largest absolute Gasteiger partial charge is 0.326 e. The highest BCUT2D eigenvalue weighted by Gasteiger charge is 2.49. The second kappa shape index (κ2) is 6.15. The van der Waals surface area contributed by atoms with Crippen molar-refractivity contribution in [1.82, 2.24) is 5.32 Å². The van der Waals surface area contributed by atoms with Crippen molar-refractivity contribution in [3.05, 3.63) is 29.8 Å². The molecule has 1 saturated heterocycles. The Labute approximate surface area is 126 Å². The van der Waals surface area contributed by atoms with Gasteiger partial charge in [-0.1, -0.05) is 25.0 Å². The predicted octanol–water partition coefficient (Wildman–Crippen LogP) is 3.14. The molecule has 1 aromatic rings. The zero-order chi connectivity index (χ0) is 13.3. The highest BCUT2D eigenvalue weighted by Crippen LogP contribution is 2.44. The number of fused-ring (bicyclic) bond motifs is 1. The number of nitrogens with one attached hydrogen (secondary N) is 2. The van der Waals surface area contributed by atoms with Crippen LogP contribution >= 0.6 is 12.4 Å². The third kappa shape index (κ3) is 2.70. The average Bonchev–Trinajstić information content (AvgIpc) is 2.83. The van der Waals surface area contributed by atoms with Crippen molar-refractivity contribution in [3.63, 3.8) is 0 Å². The van der Waals surface area contributed by atoms with E-state index in [1.54, 1.807) is 0 Å². The second-order valence-corrected chi connectivity index (χ2v) is 6.05. The molecular formula is C16H23ClN2O. The number of anilines is 1. The maximum Gasteiger partial charge on any atom is 0.232 e. The van der Waals surface area contributed by atoms with Gasteiger partial charge in [0.1, 0.15) is 0 Å². The molecule has 4 heteroatoms. The zero-order valence-electron chi connectivity index (χ0n) is 11.9. The highest BCUT2D eigenvalue weighted by molar-refractivity contribution is 5.96. The molecule has 0 radical (unpaired) electrons. The molecule has 2 atom stereocenters. The van der Waals surface area contributed by atoms with Gasteiger partial charge in [-0.3, -0.25) is 4.79 Å². The smallest absolute Gasteiger partial charge is 0.232 e. The number of aryl methyl sites for hydroxylation is 1. The Morgan fingerprint density at radius 3 is 3.05 bits per heavy atom. The van der Waals surface area contributed by atoms with Crippen LogP contribution in [-0.4, -0.2) is 19.0 Å². The Bertz CT molecular complexity index is 491. The van der Waals surface area contributed by atoms with Gasteiger partial charge in [-0.15, -0.1) is 12.4 Å². The van der Waals surface area contributed by atoms with E-state index in [1.165, 1.54) is 24.8 Å². The standard InChI is InChI=1S/C16H22N2O.ClH/c1-12-5-4-7-14(9-12)18-15(19)16-8-3-2-6-13(16)10-17-11-16;/h4-5,7,9,13,17H,2-3,6,8,10-11H2,1H3,(H,18,19);1H/t13-,16+;/m0./s1. The lowest BCUT2D eigenvalue weighted by atomic mass is 9.67. The first-order valence-corrected chi connectivity index (χ1v) is 7.29. The molecule has 0 aromatic heterocycles. The van der Waals surface area contributed by atoms with E-state index >= 15 is 0 Å². The van der Waals surface area contributed by atoms with Gasteiger partial charge in [0.25, 0.3) is 0 Å². The molecule has 3 nitrogen and oxygen atoms in total. The van der Waals surface area contributed by atoms with Crippen molar-refractivity contribution in [2.24, 2.45) is 11.3 Å². The minimum Gasteiger partial charge on any atom is -0.326 e. The van der Waals surface area contributed by atoms with Gasteiger partial charge in [0.2, 0.25) is 5.91 Å². The van der Waals surface area contributed by atoms with Crippen LogP contribution in [0.4, 0.5) is 5.69 Å². The summed E-state index contributed by atoms with van der Waals surface area (Å²) < 4.78 is 0. The van der Waals surface area contributed by atoms with Crippen LogP contribution in [0.1, 0.15) is 31.2 Å². The number of halogens is 1. The Hall–Kier alpha value is -1.06. The van der Waals surface area contributed by atoms with Gasteiger partial charge >= 0.3 is 0 Å². The van der Waals surface area contributed by atoms with Crippen molar-refractivity contribution in [2.45, 2.75) is 32.6 Å². The average molecular weight is 295 g/mol. The molecule has 3 rings (SSSR count). The second-order valence-electron chi connectivity index (χ2n) is 6.05. The van der Waals surface area contributed by atoms with Crippen molar-refractivity contribution >= 4 is 24.0 Å². The summed E-state index contributed by atoms with van der Waals surface area (Å²) in [4.78, 5) is 12.7. The fourth-order valence-corrected chi connectivity index (χ4v) is 3.67. The monoisotopic (exact) mass is 294 g/mol. The minimum absolute atomic E-state index is 0. The van der Waals surface area contributed by atoms with E-state index in [2.05, 4.69) is 23.6 Å². The van der Waals surface area contributed by atoms with Gasteiger partial charge in [-0.25, -0.2) is 0 Å². The molecule has 1 aliphatic heterocycles. The number of benzene rings is 1. The maximum atomic E-state index is 12.7. The maximum absolute atomic E-state index is 12.7. The molecule has 2 N–H and O–H groups in total. The molecule has 1 aromatic carbocycles. The molecule has 1 aliphatic carbocycles. The molecule has 110 valence electrons. The van der Waals surface area contributed by atoms with Gasteiger partial charge in [0.15, 0.2) is 0 Å². The van der Waals surface area contributed by atoms with Crippen LogP contribution in [0.15, 0.2) is 24.3 Å². The summed E-state index contributed by atoms with van der Waals surface area (Å²) in [6, 6.07) is 8.05. The van der Waals surface area contributed by atoms with Crippen molar-refractivity contribution in [1.29, 1.82) is 0 Å². The van der Waals surface area contributed by atoms with Gasteiger partial charge in [-0.05, 0) is 49.9 Å². The number of carbonyl (C=O) groups is 1. The van der Waals surface area contributed by atoms with E-state index in [4.69, 9.17) is 0 Å². The summed E-state index contributed by atoms with van der Waals surface area (Å²) in [5.74, 6) is 0.735. The van der Waals surface area contributed by atoms with Crippen molar-refractivity contribution in [3.8, 4) is 0 Å². The van der Waals surface area contributed by atoms with Gasteiger partial charge in [-0.2, -0.15) is 0 Å². The SMILES string of the molecule is Cc1cccc(NC(=O)[C@@]23CCCC[C@H]2CNC3)c1.Cl. The van der Waals surface area contributed by atoms with Crippen LogP contribution in [0.2, 0.25) is 0 Å². The number of carbonyl (C=O) groups excluding carboxylic acids is 1. The Kier molecular flexibility index (Phi) is 4.71. The Balaban J connectivity index is 0.00000147. The fraction of sp³-hybridized carbons (Fsp3) is 0.562. The topological polar surface area (TPSA) is 41.1 Å². The van der Waals surface area contributed by atoms with E-state index in [-0.39, 0.29) is 23.7 Å². The third-order valence-electron chi connectivity index (χ3n) is 4.77. The van der Waals surface area contributed by atoms with Crippen LogP contribution < -0.4 is 10.6 Å². The van der Waals surface area contributed by atoms with E-state index in [1.807, 2.05) is 18.2 Å². The lowest BCUT2D eigenvalue weighted by molar-refractivity contribution is -0.128. The molecule has 20 heavy (non-hydrogen) atoms. The molecule has 1 saturated carbocycles. The molecule has 1 heterocycles. The number of amides is 1. The summed E-state index contributed by atoms with van der Waals surface area (Å²) >= 11 is 0. The van der Waals surface area contributed by atoms with Crippen LogP contribution in [-0.2, 0) is 4.79 Å². The molecule has 2 fully saturated rings. The summed E-state index contributed by atoms with van der Waals surface area (Å²) in [5.41, 5.74) is 1.94. The summed E-state index contributed by atoms with van der Waals surface area (Å²) in [7, 11) is 0. The molecule has 0 unspecified atom stereocenters. The van der Waals surface area contributed by atoms with Crippen LogP contribution in [0.25, 0.3) is 0 Å². The normalized spacial score (nSPS) is 28.4. The summed E-state index contributed by atoms with van der Waals surface area (Å²) in [6.07, 6.45) is 4.67. The van der Waals surface area contributed by atoms with Gasteiger partial charge in [0.05, 0.1) is 5.41 Å². The van der Waals surface area contributed by atoms with E-state index < -0.39 is 0 Å². The van der Waals surface area contributed by atoms with E-state index in [0.717, 1.165) is 25.2 Å². The molecule has 0 spiro atoms. The minimum atomic E-state index is -0.165. The first-order chi connectivity index (χ1) is 9.21. The summed E-state index contributed by atoms with van der Waals surface area (Å²) in [5, 5.41) is 6.56. The predicted molar refractivity (Wildman–Crippen MR) is 84.3 cm³/mol. The van der Waals surface area contributed by atoms with Crippen LogP contribution in [0.3, 0.4) is 0 Å². The Morgan fingerprint density at radius 2 is 2.25 bits per heavy atom. The van der Waals surface area contributed by atoms with Crippen LogP contribution in [0.5, 0.6) is 0 Å². The molecular weight excluding hydrogens is 272 g/mol. The van der Waals surface area contributed by atoms with Gasteiger partial charge in [0, 0.05) is 12.2 Å². The van der Waals surface area contributed by atoms with Crippen molar-refractivity contribution in [2.75, 3.05) is 18.4 Å². The number of hydrogen-bond donors (Lipinski definition) is 2. The molecule has 0 bridgehead atoms. The number of hydrogen-bond acceptors (Lipinski definition) is 2. The highest BCUT2D eigenvalue weighted by atomic mass is 35.5. The third-order valence-corrected chi connectivity index (χ3v) is 4.77. The van der Waals surface area contributed by atoms with Crippen molar-refractivity contribution < 1.29 is 4.79 Å². The first kappa shape index (κ1) is 15.3. The van der Waals surface area contributed by atoms with Crippen LogP contribution in [0, 0.1) is 18.3 Å². The fourth-order valence-electron chi connectivity index (χ4n) is 3.67. The molecule has 1 amide bonds. The number of rotatable bonds is 2. The Morgan fingerprint density at radius 1 is 1.40 bits per heavy atom. The lowest BCUT2D eigenvalue weighted by Crippen LogP contribution is -2.44. The first-order valence-electron chi connectivity index (χ1n) is 7.29. The molecule has 2 aliphatic rings.